The van der Waals surface area contributed by atoms with Gasteiger partial charge < -0.3 is 5.11 Å². The van der Waals surface area contributed by atoms with Crippen LogP contribution in [0.15, 0.2) is 23.1 Å². The van der Waals surface area contributed by atoms with Gasteiger partial charge in [-0.3, -0.25) is 9.35 Å². The van der Waals surface area contributed by atoms with Crippen LogP contribution in [-0.4, -0.2) is 53.4 Å². The minimum atomic E-state index is -4.53. The predicted octanol–water partition coefficient (Wildman–Crippen LogP) is 4.09. The van der Waals surface area contributed by atoms with Gasteiger partial charge in [0, 0.05) is 6.42 Å². The van der Waals surface area contributed by atoms with E-state index in [0.29, 0.717) is 6.42 Å². The number of carbonyl (C=O) groups excluding carboxylic acids is 1. The Labute approximate surface area is 173 Å². The summed E-state index contributed by atoms with van der Waals surface area (Å²) in [6, 6.07) is 3.78. The molecule has 5 nitrogen and oxygen atoms in total. The van der Waals surface area contributed by atoms with Crippen molar-refractivity contribution in [2.24, 2.45) is 0 Å². The van der Waals surface area contributed by atoms with E-state index in [1.165, 1.54) is 50.7 Å². The molecule has 138 valence electrons. The number of unbranched alkanes of at least 4 members (excludes halogenated alkanes) is 8. The number of carbonyl (C=O) groups is 1. The Morgan fingerprint density at radius 2 is 1.48 bits per heavy atom. The van der Waals surface area contributed by atoms with Crippen molar-refractivity contribution in [1.29, 1.82) is 0 Å². The van der Waals surface area contributed by atoms with Crippen LogP contribution in [0.25, 0.3) is 0 Å². The topological polar surface area (TPSA) is 91.7 Å². The molecule has 0 amide bonds. The molecule has 25 heavy (non-hydrogen) atoms. The van der Waals surface area contributed by atoms with Crippen molar-refractivity contribution in [2.75, 3.05) is 0 Å². The van der Waals surface area contributed by atoms with E-state index in [1.54, 1.807) is 0 Å². The van der Waals surface area contributed by atoms with E-state index in [4.69, 9.17) is 4.55 Å². The zero-order valence-electron chi connectivity index (χ0n) is 14.3. The molecule has 1 aromatic carbocycles. The van der Waals surface area contributed by atoms with Gasteiger partial charge in [0.2, 0.25) is 0 Å². The molecule has 0 aromatic heterocycles. The number of benzene rings is 1. The van der Waals surface area contributed by atoms with E-state index in [1.807, 2.05) is 0 Å². The number of ketones is 1. The first-order valence-corrected chi connectivity index (χ1v) is 10.1. The Morgan fingerprint density at radius 3 is 2.00 bits per heavy atom. The number of rotatable bonds is 12. The summed E-state index contributed by atoms with van der Waals surface area (Å²) in [5.41, 5.74) is -0.0512. The van der Waals surface area contributed by atoms with Crippen molar-refractivity contribution >= 4 is 45.5 Å². The molecule has 0 spiro atoms. The third-order valence-electron chi connectivity index (χ3n) is 4.08. The van der Waals surface area contributed by atoms with Gasteiger partial charge in [0.15, 0.2) is 5.78 Å². The first-order chi connectivity index (χ1) is 11.4. The van der Waals surface area contributed by atoms with E-state index in [9.17, 15) is 18.3 Å². The zero-order valence-corrected chi connectivity index (χ0v) is 15.1. The summed E-state index contributed by atoms with van der Waals surface area (Å²) in [6.07, 6.45) is 10.5. The van der Waals surface area contributed by atoms with E-state index >= 15 is 0 Å². The van der Waals surface area contributed by atoms with E-state index in [2.05, 4.69) is 6.92 Å². The van der Waals surface area contributed by atoms with Gasteiger partial charge in [-0.2, -0.15) is 8.42 Å². The first kappa shape index (κ1) is 24.6. The van der Waals surface area contributed by atoms with Gasteiger partial charge in [-0.1, -0.05) is 64.4 Å². The Balaban J connectivity index is 0.00000576. The number of hydrogen-bond donors (Lipinski definition) is 2. The number of phenols is 1. The molecule has 0 bridgehead atoms. The van der Waals surface area contributed by atoms with Crippen molar-refractivity contribution in [3.8, 4) is 5.75 Å². The van der Waals surface area contributed by atoms with Crippen molar-refractivity contribution in [2.45, 2.75) is 76.0 Å². The van der Waals surface area contributed by atoms with Crippen LogP contribution >= 0.6 is 0 Å². The number of phenolic OH excluding ortho intramolecular Hbond substituents is 1. The molecule has 0 heterocycles. The summed E-state index contributed by atoms with van der Waals surface area (Å²) in [5.74, 6) is -0.970. The predicted molar refractivity (Wildman–Crippen MR) is 101 cm³/mol. The molecule has 0 fully saturated rings. The molecule has 0 radical (unpaired) electrons. The maximum absolute atomic E-state index is 12.1. The second kappa shape index (κ2) is 12.9. The summed E-state index contributed by atoms with van der Waals surface area (Å²) in [6.45, 7) is 2.19. The molecule has 0 aliphatic heterocycles. The summed E-state index contributed by atoms with van der Waals surface area (Å²) in [7, 11) is -4.53. The molecule has 7 heteroatoms. The third kappa shape index (κ3) is 9.20. The second-order valence-electron chi connectivity index (χ2n) is 6.13. The van der Waals surface area contributed by atoms with E-state index in [-0.39, 0.29) is 47.3 Å². The Hall–Kier alpha value is -0.400. The van der Waals surface area contributed by atoms with Crippen LogP contribution in [0.4, 0.5) is 0 Å². The average Bonchev–Trinajstić information content (AvgIpc) is 2.52. The molecule has 0 aliphatic carbocycles. The van der Waals surface area contributed by atoms with E-state index < -0.39 is 20.8 Å². The van der Waals surface area contributed by atoms with Gasteiger partial charge >= 0.3 is 29.6 Å². The van der Waals surface area contributed by atoms with Gasteiger partial charge in [0.05, 0.1) is 5.56 Å². The fourth-order valence-electron chi connectivity index (χ4n) is 2.69. The first-order valence-electron chi connectivity index (χ1n) is 8.70. The standard InChI is InChI=1S/C18H28O5S.Na.H/c1-2-3-4-5-6-7-8-9-10-13-16(19)15-12-11-14-17(18(15)20)24(21,22)23;;/h11-12,14,20H,2-10,13H2,1H3,(H,21,22,23);;. The maximum atomic E-state index is 12.1. The number of aromatic hydroxyl groups is 1. The molecule has 0 saturated carbocycles. The summed E-state index contributed by atoms with van der Waals surface area (Å²) < 4.78 is 31.3. The molecular weight excluding hydrogens is 351 g/mol. The quantitative estimate of drug-likeness (QED) is 0.247. The molecule has 0 atom stereocenters. The van der Waals surface area contributed by atoms with Crippen LogP contribution in [0.2, 0.25) is 0 Å². The zero-order chi connectivity index (χ0) is 18.0. The number of Topliss-reactive ketones (excluding diaryl/α,β-unsaturated/α-hetero) is 1. The fraction of sp³-hybridized carbons (Fsp3) is 0.611. The Morgan fingerprint density at radius 1 is 0.960 bits per heavy atom. The number of hydrogen-bond acceptors (Lipinski definition) is 4. The average molecular weight is 380 g/mol. The van der Waals surface area contributed by atoms with Crippen LogP contribution in [0.1, 0.15) is 81.5 Å². The van der Waals surface area contributed by atoms with Gasteiger partial charge in [0.1, 0.15) is 10.6 Å². The van der Waals surface area contributed by atoms with Crippen LogP contribution in [0.3, 0.4) is 0 Å². The second-order valence-corrected chi connectivity index (χ2v) is 7.52. The van der Waals surface area contributed by atoms with Gasteiger partial charge in [0.25, 0.3) is 10.1 Å². The van der Waals surface area contributed by atoms with Gasteiger partial charge in [-0.05, 0) is 18.6 Å². The normalized spacial score (nSPS) is 11.1. The summed E-state index contributed by atoms with van der Waals surface area (Å²) in [5, 5.41) is 9.88. The molecule has 0 unspecified atom stereocenters. The van der Waals surface area contributed by atoms with Crippen molar-refractivity contribution in [3.05, 3.63) is 23.8 Å². The molecule has 0 aliphatic rings. The molecule has 2 N–H and O–H groups in total. The van der Waals surface area contributed by atoms with Crippen LogP contribution in [-0.2, 0) is 10.1 Å². The number of para-hydroxylation sites is 1. The van der Waals surface area contributed by atoms with Crippen molar-refractivity contribution in [3.63, 3.8) is 0 Å². The van der Waals surface area contributed by atoms with Gasteiger partial charge in [-0.25, -0.2) is 0 Å². The summed E-state index contributed by atoms with van der Waals surface area (Å²) in [4.78, 5) is 11.5. The van der Waals surface area contributed by atoms with Crippen molar-refractivity contribution in [1.82, 2.24) is 0 Å². The SMILES string of the molecule is CCCCCCCCCCCC(=O)c1cccc(S(=O)(=O)O)c1O.[NaH]. The van der Waals surface area contributed by atoms with Gasteiger partial charge in [-0.15, -0.1) is 0 Å². The monoisotopic (exact) mass is 380 g/mol. The molecule has 0 saturated heterocycles. The molecule has 1 aromatic rings. The summed E-state index contributed by atoms with van der Waals surface area (Å²) >= 11 is 0. The molecule has 1 rings (SSSR count). The van der Waals surface area contributed by atoms with Crippen molar-refractivity contribution < 1.29 is 22.9 Å². The Bertz CT molecular complexity index is 628. The third-order valence-corrected chi connectivity index (χ3v) is 4.97. The minimum absolute atomic E-state index is 0. The fourth-order valence-corrected chi connectivity index (χ4v) is 3.29. The van der Waals surface area contributed by atoms with Crippen LogP contribution < -0.4 is 0 Å². The van der Waals surface area contributed by atoms with Crippen LogP contribution in [0, 0.1) is 0 Å². The van der Waals surface area contributed by atoms with E-state index in [0.717, 1.165) is 18.9 Å². The van der Waals surface area contributed by atoms with Crippen LogP contribution in [0.5, 0.6) is 5.75 Å². The Kier molecular flexibility index (Phi) is 12.7. The molecular formula is C18H29NaO5S.